The lowest BCUT2D eigenvalue weighted by atomic mass is 10.0. The summed E-state index contributed by atoms with van der Waals surface area (Å²) >= 11 is 5.75. The SMILES string of the molecule is FC(F)(F)c1cccc(-n2cccc2[C@@H]2[C@H](c3ccccn3)NC(=S)N2CCN2CCOCC2)c1. The minimum atomic E-state index is -4.42. The van der Waals surface area contributed by atoms with E-state index in [2.05, 4.69) is 20.1 Å². The molecule has 1 N–H and O–H groups in total. The zero-order chi connectivity index (χ0) is 24.4. The Labute approximate surface area is 207 Å². The normalized spacial score (nSPS) is 21.3. The second kappa shape index (κ2) is 9.96. The lowest BCUT2D eigenvalue weighted by Gasteiger charge is -2.32. The molecule has 184 valence electrons. The topological polar surface area (TPSA) is 45.6 Å². The van der Waals surface area contributed by atoms with E-state index in [0.29, 0.717) is 30.6 Å². The number of rotatable bonds is 6. The van der Waals surface area contributed by atoms with Gasteiger partial charge in [-0.2, -0.15) is 13.2 Å². The average Bonchev–Trinajstić information content (AvgIpc) is 3.47. The van der Waals surface area contributed by atoms with Crippen molar-refractivity contribution in [2.24, 2.45) is 0 Å². The molecule has 2 atom stereocenters. The summed E-state index contributed by atoms with van der Waals surface area (Å²) in [6.07, 6.45) is -0.887. The highest BCUT2D eigenvalue weighted by Gasteiger charge is 2.41. The van der Waals surface area contributed by atoms with Gasteiger partial charge in [0.25, 0.3) is 0 Å². The quantitative estimate of drug-likeness (QED) is 0.511. The zero-order valence-corrected chi connectivity index (χ0v) is 19.8. The maximum atomic E-state index is 13.4. The van der Waals surface area contributed by atoms with Gasteiger partial charge in [-0.05, 0) is 54.7 Å². The smallest absolute Gasteiger partial charge is 0.379 e. The maximum Gasteiger partial charge on any atom is 0.416 e. The Bertz CT molecular complexity index is 1160. The molecular formula is C25H26F3N5OS. The number of aromatic nitrogens is 2. The van der Waals surface area contributed by atoms with Crippen LogP contribution in [0.4, 0.5) is 13.2 Å². The average molecular weight is 502 g/mol. The highest BCUT2D eigenvalue weighted by atomic mass is 32.1. The van der Waals surface area contributed by atoms with Crippen LogP contribution < -0.4 is 5.32 Å². The Kier molecular flexibility index (Phi) is 6.77. The van der Waals surface area contributed by atoms with Crippen LogP contribution in [0.2, 0.25) is 0 Å². The molecule has 5 rings (SSSR count). The molecule has 1 aromatic carbocycles. The molecule has 2 fully saturated rings. The molecule has 0 bridgehead atoms. The molecule has 2 saturated heterocycles. The highest BCUT2D eigenvalue weighted by Crippen LogP contribution is 2.40. The van der Waals surface area contributed by atoms with Gasteiger partial charge in [0.15, 0.2) is 5.11 Å². The van der Waals surface area contributed by atoms with Gasteiger partial charge in [0.05, 0.1) is 36.6 Å². The third-order valence-electron chi connectivity index (χ3n) is 6.49. The summed E-state index contributed by atoms with van der Waals surface area (Å²) in [5.74, 6) is 0. The van der Waals surface area contributed by atoms with E-state index in [-0.39, 0.29) is 12.1 Å². The summed E-state index contributed by atoms with van der Waals surface area (Å²) in [6, 6.07) is 14.4. The molecule has 0 saturated carbocycles. The lowest BCUT2D eigenvalue weighted by molar-refractivity contribution is -0.137. The highest BCUT2D eigenvalue weighted by molar-refractivity contribution is 7.80. The Morgan fingerprint density at radius 1 is 1.03 bits per heavy atom. The van der Waals surface area contributed by atoms with Crippen molar-refractivity contribution >= 4 is 17.3 Å². The van der Waals surface area contributed by atoms with E-state index in [1.54, 1.807) is 18.5 Å². The second-order valence-corrected chi connectivity index (χ2v) is 9.01. The number of nitrogens with zero attached hydrogens (tertiary/aromatic N) is 4. The number of halogens is 3. The molecule has 2 aromatic heterocycles. The van der Waals surface area contributed by atoms with Crippen LogP contribution in [0, 0.1) is 0 Å². The first-order valence-electron chi connectivity index (χ1n) is 11.5. The van der Waals surface area contributed by atoms with Crippen molar-refractivity contribution in [3.05, 3.63) is 83.9 Å². The number of pyridine rings is 1. The van der Waals surface area contributed by atoms with Gasteiger partial charge in [-0.15, -0.1) is 0 Å². The van der Waals surface area contributed by atoms with E-state index in [0.717, 1.165) is 37.1 Å². The summed E-state index contributed by atoms with van der Waals surface area (Å²) in [5, 5.41) is 4.03. The van der Waals surface area contributed by atoms with Gasteiger partial charge in [0, 0.05) is 50.0 Å². The first kappa shape index (κ1) is 23.8. The predicted molar refractivity (Wildman–Crippen MR) is 130 cm³/mol. The Morgan fingerprint density at radius 2 is 1.86 bits per heavy atom. The van der Waals surface area contributed by atoms with Crippen LogP contribution in [-0.4, -0.2) is 63.9 Å². The van der Waals surface area contributed by atoms with Crippen molar-refractivity contribution in [2.45, 2.75) is 18.3 Å². The number of hydrogen-bond acceptors (Lipinski definition) is 4. The van der Waals surface area contributed by atoms with Crippen molar-refractivity contribution < 1.29 is 17.9 Å². The number of nitrogens with one attached hydrogen (secondary N) is 1. The van der Waals surface area contributed by atoms with Gasteiger partial charge in [-0.3, -0.25) is 9.88 Å². The molecule has 0 aliphatic carbocycles. The number of alkyl halides is 3. The number of ether oxygens (including phenoxy) is 1. The summed E-state index contributed by atoms with van der Waals surface area (Å²) < 4.78 is 47.5. The molecule has 0 amide bonds. The lowest BCUT2D eigenvalue weighted by Crippen LogP contribution is -2.42. The largest absolute Gasteiger partial charge is 0.416 e. The molecule has 3 aromatic rings. The molecule has 0 radical (unpaired) electrons. The molecular weight excluding hydrogens is 475 g/mol. The molecule has 6 nitrogen and oxygen atoms in total. The van der Waals surface area contributed by atoms with Crippen molar-refractivity contribution in [3.63, 3.8) is 0 Å². The zero-order valence-electron chi connectivity index (χ0n) is 19.0. The van der Waals surface area contributed by atoms with Crippen molar-refractivity contribution in [1.29, 1.82) is 0 Å². The maximum absolute atomic E-state index is 13.4. The van der Waals surface area contributed by atoms with E-state index in [9.17, 15) is 13.2 Å². The minimum Gasteiger partial charge on any atom is -0.379 e. The van der Waals surface area contributed by atoms with E-state index in [4.69, 9.17) is 17.0 Å². The van der Waals surface area contributed by atoms with E-state index in [1.807, 2.05) is 34.9 Å². The summed E-state index contributed by atoms with van der Waals surface area (Å²) in [4.78, 5) is 9.02. The molecule has 0 spiro atoms. The van der Waals surface area contributed by atoms with Crippen LogP contribution in [0.25, 0.3) is 5.69 Å². The number of hydrogen-bond donors (Lipinski definition) is 1. The predicted octanol–water partition coefficient (Wildman–Crippen LogP) is 4.20. The van der Waals surface area contributed by atoms with Gasteiger partial charge in [0.1, 0.15) is 0 Å². The van der Waals surface area contributed by atoms with Gasteiger partial charge >= 0.3 is 6.18 Å². The first-order chi connectivity index (χ1) is 16.9. The standard InChI is InChI=1S/C25H26F3N5OS/c26-25(27,28)18-5-3-6-19(17-18)32-10-4-8-21(32)23-22(20-7-1-2-9-29-20)30-24(35)33(23)12-11-31-13-15-34-16-14-31/h1-10,17,22-23H,11-16H2,(H,30,35)/t22-,23+/m0/s1. The molecule has 2 aliphatic heterocycles. The fourth-order valence-electron chi connectivity index (χ4n) is 4.74. The van der Waals surface area contributed by atoms with Gasteiger partial charge in [-0.1, -0.05) is 12.1 Å². The number of thiocarbonyl (C=S) groups is 1. The fourth-order valence-corrected chi connectivity index (χ4v) is 5.08. The van der Waals surface area contributed by atoms with E-state index in [1.165, 1.54) is 12.1 Å². The summed E-state index contributed by atoms with van der Waals surface area (Å²) in [7, 11) is 0. The number of morpholine rings is 1. The minimum absolute atomic E-state index is 0.243. The first-order valence-corrected chi connectivity index (χ1v) is 12.0. The summed E-state index contributed by atoms with van der Waals surface area (Å²) in [5.41, 5.74) is 1.44. The van der Waals surface area contributed by atoms with Crippen LogP contribution in [0.1, 0.15) is 29.0 Å². The van der Waals surface area contributed by atoms with Crippen molar-refractivity contribution in [1.82, 2.24) is 24.7 Å². The summed E-state index contributed by atoms with van der Waals surface area (Å²) in [6.45, 7) is 4.63. The third kappa shape index (κ3) is 5.05. The van der Waals surface area contributed by atoms with Crippen molar-refractivity contribution in [2.75, 3.05) is 39.4 Å². The van der Waals surface area contributed by atoms with Crippen LogP contribution in [0.3, 0.4) is 0 Å². The molecule has 0 unspecified atom stereocenters. The van der Waals surface area contributed by atoms with Crippen LogP contribution in [0.5, 0.6) is 0 Å². The van der Waals surface area contributed by atoms with Gasteiger partial charge < -0.3 is 19.5 Å². The van der Waals surface area contributed by atoms with Crippen LogP contribution in [-0.2, 0) is 10.9 Å². The van der Waals surface area contributed by atoms with Gasteiger partial charge in [0.2, 0.25) is 0 Å². The third-order valence-corrected chi connectivity index (χ3v) is 6.85. The second-order valence-electron chi connectivity index (χ2n) is 8.63. The monoisotopic (exact) mass is 501 g/mol. The van der Waals surface area contributed by atoms with E-state index >= 15 is 0 Å². The Morgan fingerprint density at radius 3 is 2.60 bits per heavy atom. The van der Waals surface area contributed by atoms with Crippen LogP contribution in [0.15, 0.2) is 67.0 Å². The molecule has 2 aliphatic rings. The van der Waals surface area contributed by atoms with Crippen LogP contribution >= 0.6 is 12.2 Å². The Balaban J connectivity index is 1.51. The molecule has 35 heavy (non-hydrogen) atoms. The van der Waals surface area contributed by atoms with Crippen molar-refractivity contribution in [3.8, 4) is 5.69 Å². The molecule has 10 heteroatoms. The molecule has 4 heterocycles. The number of benzene rings is 1. The van der Waals surface area contributed by atoms with Gasteiger partial charge in [-0.25, -0.2) is 0 Å². The fraction of sp³-hybridized carbons (Fsp3) is 0.360. The van der Waals surface area contributed by atoms with E-state index < -0.39 is 11.7 Å². The Hall–Kier alpha value is -2.95.